The first-order chi connectivity index (χ1) is 7.04. The Morgan fingerprint density at radius 1 is 1.60 bits per heavy atom. The summed E-state index contributed by atoms with van der Waals surface area (Å²) >= 11 is 0. The molecule has 0 saturated heterocycles. The van der Waals surface area contributed by atoms with E-state index in [4.69, 9.17) is 5.11 Å². The van der Waals surface area contributed by atoms with Crippen molar-refractivity contribution >= 4 is 10.0 Å². The first kappa shape index (κ1) is 12.2. The largest absolute Gasteiger partial charge is 0.395 e. The lowest BCUT2D eigenvalue weighted by Gasteiger charge is -2.18. The molecule has 0 radical (unpaired) electrons. The minimum atomic E-state index is -3.53. The zero-order valence-electron chi connectivity index (χ0n) is 8.79. The molecule has 0 aliphatic rings. The van der Waals surface area contributed by atoms with Gasteiger partial charge in [0.05, 0.1) is 12.8 Å². The average molecular weight is 233 g/mol. The molecule has 6 nitrogen and oxygen atoms in total. The third-order valence-corrected chi connectivity index (χ3v) is 4.13. The Bertz CT molecular complexity index is 413. The summed E-state index contributed by atoms with van der Waals surface area (Å²) in [7, 11) is -1.96. The van der Waals surface area contributed by atoms with Gasteiger partial charge in [0.1, 0.15) is 0 Å². The second kappa shape index (κ2) is 4.73. The number of rotatable bonds is 5. The molecule has 0 aliphatic carbocycles. The monoisotopic (exact) mass is 233 g/mol. The Hall–Kier alpha value is -0.920. The van der Waals surface area contributed by atoms with Crippen molar-refractivity contribution in [2.45, 2.75) is 11.9 Å². The summed E-state index contributed by atoms with van der Waals surface area (Å²) in [6.45, 7) is 1.96. The van der Waals surface area contributed by atoms with Crippen molar-refractivity contribution in [3.8, 4) is 0 Å². The second-order valence-corrected chi connectivity index (χ2v) is 4.90. The number of aliphatic hydroxyl groups is 1. The van der Waals surface area contributed by atoms with Gasteiger partial charge in [-0.2, -0.15) is 9.40 Å². The Morgan fingerprint density at radius 3 is 2.67 bits per heavy atom. The van der Waals surface area contributed by atoms with Gasteiger partial charge in [-0.05, 0) is 6.07 Å². The zero-order chi connectivity index (χ0) is 11.5. The number of aryl methyl sites for hydroxylation is 1. The van der Waals surface area contributed by atoms with Crippen molar-refractivity contribution in [2.75, 3.05) is 19.7 Å². The lowest BCUT2D eigenvalue weighted by molar-refractivity contribution is 0.256. The molecule has 0 aliphatic heterocycles. The van der Waals surface area contributed by atoms with Gasteiger partial charge in [-0.1, -0.05) is 6.92 Å². The van der Waals surface area contributed by atoms with E-state index in [-0.39, 0.29) is 18.2 Å². The highest BCUT2D eigenvalue weighted by Gasteiger charge is 2.25. The molecule has 15 heavy (non-hydrogen) atoms. The SMILES string of the molecule is CCN(CCO)S(=O)(=O)c1ccnn1C. The van der Waals surface area contributed by atoms with E-state index in [0.717, 1.165) is 0 Å². The van der Waals surface area contributed by atoms with Crippen LogP contribution in [0.2, 0.25) is 0 Å². The fraction of sp³-hybridized carbons (Fsp3) is 0.625. The summed E-state index contributed by atoms with van der Waals surface area (Å²) in [5.74, 6) is 0. The predicted octanol–water partition coefficient (Wildman–Crippen LogP) is -0.577. The van der Waals surface area contributed by atoms with Crippen LogP contribution in [0.15, 0.2) is 17.3 Å². The van der Waals surface area contributed by atoms with Gasteiger partial charge in [0.25, 0.3) is 10.0 Å². The number of nitrogens with zero attached hydrogens (tertiary/aromatic N) is 3. The van der Waals surface area contributed by atoms with Crippen LogP contribution in [0.25, 0.3) is 0 Å². The summed E-state index contributed by atoms with van der Waals surface area (Å²) < 4.78 is 26.5. The van der Waals surface area contributed by atoms with Crippen molar-refractivity contribution in [3.63, 3.8) is 0 Å². The fourth-order valence-electron chi connectivity index (χ4n) is 1.31. The van der Waals surface area contributed by atoms with E-state index >= 15 is 0 Å². The molecule has 0 amide bonds. The minimum Gasteiger partial charge on any atom is -0.395 e. The van der Waals surface area contributed by atoms with Crippen LogP contribution >= 0.6 is 0 Å². The maximum atomic E-state index is 12.0. The molecule has 0 spiro atoms. The normalized spacial score (nSPS) is 12.3. The number of hydrogen-bond donors (Lipinski definition) is 1. The third kappa shape index (κ3) is 2.36. The van der Waals surface area contributed by atoms with Crippen LogP contribution in [0.3, 0.4) is 0 Å². The standard InChI is InChI=1S/C8H15N3O3S/c1-3-11(6-7-12)15(13,14)8-4-5-9-10(8)2/h4-5,12H,3,6-7H2,1-2H3. The Kier molecular flexibility index (Phi) is 3.83. The molecule has 0 saturated carbocycles. The molecule has 86 valence electrons. The minimum absolute atomic E-state index is 0.101. The molecule has 1 N–H and O–H groups in total. The van der Waals surface area contributed by atoms with Crippen molar-refractivity contribution in [1.82, 2.24) is 14.1 Å². The molecule has 1 rings (SSSR count). The van der Waals surface area contributed by atoms with Crippen molar-refractivity contribution in [3.05, 3.63) is 12.3 Å². The van der Waals surface area contributed by atoms with Gasteiger partial charge >= 0.3 is 0 Å². The highest BCUT2D eigenvalue weighted by atomic mass is 32.2. The third-order valence-electron chi connectivity index (χ3n) is 2.08. The number of aliphatic hydroxyl groups excluding tert-OH is 1. The van der Waals surface area contributed by atoms with E-state index in [9.17, 15) is 8.42 Å². The smallest absolute Gasteiger partial charge is 0.260 e. The van der Waals surface area contributed by atoms with Crippen molar-refractivity contribution < 1.29 is 13.5 Å². The Morgan fingerprint density at radius 2 is 2.27 bits per heavy atom. The van der Waals surface area contributed by atoms with Gasteiger partial charge in [0.15, 0.2) is 5.03 Å². The summed E-state index contributed by atoms with van der Waals surface area (Å²) in [6, 6.07) is 1.44. The van der Waals surface area contributed by atoms with E-state index in [0.29, 0.717) is 6.54 Å². The second-order valence-electron chi connectivity index (χ2n) is 3.01. The van der Waals surface area contributed by atoms with Gasteiger partial charge in [0, 0.05) is 20.1 Å². The number of hydrogen-bond acceptors (Lipinski definition) is 4. The van der Waals surface area contributed by atoms with Gasteiger partial charge in [-0.3, -0.25) is 4.68 Å². The van der Waals surface area contributed by atoms with E-state index < -0.39 is 10.0 Å². The summed E-state index contributed by atoms with van der Waals surface area (Å²) in [4.78, 5) is 0. The summed E-state index contributed by atoms with van der Waals surface area (Å²) in [5.41, 5.74) is 0. The molecule has 0 bridgehead atoms. The molecule has 0 atom stereocenters. The molecule has 0 fully saturated rings. The predicted molar refractivity (Wildman–Crippen MR) is 54.7 cm³/mol. The molecular formula is C8H15N3O3S. The van der Waals surface area contributed by atoms with Gasteiger partial charge in [0.2, 0.25) is 0 Å². The average Bonchev–Trinajstić information content (AvgIpc) is 2.61. The highest BCUT2D eigenvalue weighted by molar-refractivity contribution is 7.89. The van der Waals surface area contributed by atoms with E-state index in [1.807, 2.05) is 0 Å². The highest BCUT2D eigenvalue weighted by Crippen LogP contribution is 2.13. The number of aromatic nitrogens is 2. The van der Waals surface area contributed by atoms with Crippen molar-refractivity contribution in [2.24, 2.45) is 7.05 Å². The molecule has 1 aromatic heterocycles. The number of sulfonamides is 1. The van der Waals surface area contributed by atoms with E-state index in [2.05, 4.69) is 5.10 Å². The van der Waals surface area contributed by atoms with E-state index in [1.165, 1.54) is 21.3 Å². The molecule has 0 unspecified atom stereocenters. The van der Waals surface area contributed by atoms with Gasteiger partial charge < -0.3 is 5.11 Å². The molecule has 0 aromatic carbocycles. The Balaban J connectivity index is 3.06. The quantitative estimate of drug-likeness (QED) is 0.738. The van der Waals surface area contributed by atoms with Crippen LogP contribution in [0, 0.1) is 0 Å². The lowest BCUT2D eigenvalue weighted by atomic mass is 10.6. The van der Waals surface area contributed by atoms with Gasteiger partial charge in [-0.25, -0.2) is 8.42 Å². The molecule has 7 heteroatoms. The number of likely N-dealkylation sites (N-methyl/N-ethyl adjacent to an activating group) is 1. The van der Waals surface area contributed by atoms with Crippen LogP contribution in [-0.4, -0.2) is 47.3 Å². The summed E-state index contributed by atoms with van der Waals surface area (Å²) in [6.07, 6.45) is 1.43. The lowest BCUT2D eigenvalue weighted by Crippen LogP contribution is -2.34. The molecule has 1 heterocycles. The maximum absolute atomic E-state index is 12.0. The summed E-state index contributed by atoms with van der Waals surface area (Å²) in [5, 5.41) is 12.7. The molecule has 1 aromatic rings. The van der Waals surface area contributed by atoms with Crippen LogP contribution < -0.4 is 0 Å². The van der Waals surface area contributed by atoms with Crippen LogP contribution in [0.4, 0.5) is 0 Å². The van der Waals surface area contributed by atoms with E-state index in [1.54, 1.807) is 14.0 Å². The molecular weight excluding hydrogens is 218 g/mol. The Labute approximate surface area is 89.2 Å². The van der Waals surface area contributed by atoms with Crippen LogP contribution in [0.5, 0.6) is 0 Å². The topological polar surface area (TPSA) is 75.4 Å². The first-order valence-corrected chi connectivity index (χ1v) is 6.07. The maximum Gasteiger partial charge on any atom is 0.260 e. The fourth-order valence-corrected chi connectivity index (χ4v) is 2.85. The van der Waals surface area contributed by atoms with Crippen LogP contribution in [0.1, 0.15) is 6.92 Å². The van der Waals surface area contributed by atoms with Gasteiger partial charge in [-0.15, -0.1) is 0 Å². The first-order valence-electron chi connectivity index (χ1n) is 4.63. The van der Waals surface area contributed by atoms with Crippen molar-refractivity contribution in [1.29, 1.82) is 0 Å². The zero-order valence-corrected chi connectivity index (χ0v) is 9.61. The van der Waals surface area contributed by atoms with Crippen LogP contribution in [-0.2, 0) is 17.1 Å².